The van der Waals surface area contributed by atoms with E-state index in [1.54, 1.807) is 13.2 Å². The average molecular weight is 399 g/mol. The van der Waals surface area contributed by atoms with Gasteiger partial charge in [-0.1, -0.05) is 46.3 Å². The molecule has 0 saturated carbocycles. The number of phenolic OH excluding ortho intramolecular Hbond substituents is 1. The molecule has 0 unspecified atom stereocenters. The summed E-state index contributed by atoms with van der Waals surface area (Å²) in [4.78, 5) is 12.2. The van der Waals surface area contributed by atoms with Crippen molar-refractivity contribution in [3.63, 3.8) is 0 Å². The number of ether oxygens (including phenoxy) is 1. The smallest absolute Gasteiger partial charge is 0.275 e. The molecule has 5 nitrogen and oxygen atoms in total. The molecule has 0 aliphatic carbocycles. The number of hydrogen-bond acceptors (Lipinski definition) is 4. The Kier molecular flexibility index (Phi) is 5.00. The van der Waals surface area contributed by atoms with Crippen LogP contribution in [-0.2, 0) is 0 Å². The van der Waals surface area contributed by atoms with Gasteiger partial charge in [0.05, 0.1) is 18.9 Å². The first-order chi connectivity index (χ1) is 12.1. The maximum atomic E-state index is 12.2. The van der Waals surface area contributed by atoms with Crippen molar-refractivity contribution < 1.29 is 14.6 Å². The predicted octanol–water partition coefficient (Wildman–Crippen LogP) is 4.08. The predicted molar refractivity (Wildman–Crippen MR) is 101 cm³/mol. The van der Waals surface area contributed by atoms with Crippen molar-refractivity contribution in [1.82, 2.24) is 5.43 Å². The van der Waals surface area contributed by atoms with Crippen molar-refractivity contribution in [3.05, 3.63) is 70.2 Å². The molecule has 1 amide bonds. The molecule has 0 fully saturated rings. The molecule has 0 spiro atoms. The zero-order valence-corrected chi connectivity index (χ0v) is 14.9. The first kappa shape index (κ1) is 17.0. The van der Waals surface area contributed by atoms with Crippen LogP contribution in [0.2, 0.25) is 0 Å². The van der Waals surface area contributed by atoms with Gasteiger partial charge in [0.25, 0.3) is 5.91 Å². The van der Waals surface area contributed by atoms with Gasteiger partial charge < -0.3 is 9.84 Å². The van der Waals surface area contributed by atoms with Crippen LogP contribution in [0.1, 0.15) is 15.9 Å². The Hall–Kier alpha value is -2.86. The molecule has 2 N–H and O–H groups in total. The standard InChI is InChI=1S/C19H15BrN2O3/c1-25-18-9-6-12-4-2-3-5-14(12)16(18)11-21-22-19(24)15-10-13(20)7-8-17(15)23/h2-11,23H,1H3,(H,22,24)/b21-11+. The summed E-state index contributed by atoms with van der Waals surface area (Å²) in [6, 6.07) is 16.3. The normalized spacial score (nSPS) is 11.0. The van der Waals surface area contributed by atoms with E-state index in [1.165, 1.54) is 18.3 Å². The quantitative estimate of drug-likeness (QED) is 0.513. The average Bonchev–Trinajstić information content (AvgIpc) is 2.63. The maximum absolute atomic E-state index is 12.2. The van der Waals surface area contributed by atoms with Crippen LogP contribution in [0.25, 0.3) is 10.8 Å². The van der Waals surface area contributed by atoms with Gasteiger partial charge in [-0.05, 0) is 35.0 Å². The molecule has 0 aliphatic rings. The third-order valence-electron chi connectivity index (χ3n) is 3.71. The lowest BCUT2D eigenvalue weighted by Gasteiger charge is -2.08. The number of hydrogen-bond donors (Lipinski definition) is 2. The van der Waals surface area contributed by atoms with Gasteiger partial charge in [0.1, 0.15) is 11.5 Å². The van der Waals surface area contributed by atoms with E-state index in [-0.39, 0.29) is 11.3 Å². The number of nitrogens with one attached hydrogen (secondary N) is 1. The number of benzene rings is 3. The van der Waals surface area contributed by atoms with Crippen LogP contribution < -0.4 is 10.2 Å². The van der Waals surface area contributed by atoms with Gasteiger partial charge in [-0.2, -0.15) is 5.10 Å². The summed E-state index contributed by atoms with van der Waals surface area (Å²) >= 11 is 3.27. The van der Waals surface area contributed by atoms with Crippen LogP contribution in [0.15, 0.2) is 64.2 Å². The maximum Gasteiger partial charge on any atom is 0.275 e. The fraction of sp³-hybridized carbons (Fsp3) is 0.0526. The van der Waals surface area contributed by atoms with Gasteiger partial charge in [-0.25, -0.2) is 5.43 Å². The van der Waals surface area contributed by atoms with Gasteiger partial charge in [0.2, 0.25) is 0 Å². The number of methoxy groups -OCH3 is 1. The SMILES string of the molecule is COc1ccc2ccccc2c1/C=N/NC(=O)c1cc(Br)ccc1O. The van der Waals surface area contributed by atoms with E-state index in [2.05, 4.69) is 26.5 Å². The number of amides is 1. The molecule has 6 heteroatoms. The Morgan fingerprint density at radius 3 is 2.80 bits per heavy atom. The lowest BCUT2D eigenvalue weighted by Crippen LogP contribution is -2.17. The highest BCUT2D eigenvalue weighted by molar-refractivity contribution is 9.10. The van der Waals surface area contributed by atoms with Crippen molar-refractivity contribution in [3.8, 4) is 11.5 Å². The third kappa shape index (κ3) is 3.64. The van der Waals surface area contributed by atoms with Crippen molar-refractivity contribution >= 4 is 38.8 Å². The molecule has 0 atom stereocenters. The molecule has 126 valence electrons. The number of hydrazone groups is 1. The third-order valence-corrected chi connectivity index (χ3v) is 4.21. The number of rotatable bonds is 4. The summed E-state index contributed by atoms with van der Waals surface area (Å²) in [6.07, 6.45) is 1.54. The second-order valence-electron chi connectivity index (χ2n) is 5.26. The second-order valence-corrected chi connectivity index (χ2v) is 6.18. The van der Waals surface area contributed by atoms with Crippen LogP contribution in [0.4, 0.5) is 0 Å². The number of fused-ring (bicyclic) bond motifs is 1. The lowest BCUT2D eigenvalue weighted by atomic mass is 10.0. The highest BCUT2D eigenvalue weighted by atomic mass is 79.9. The van der Waals surface area contributed by atoms with Crippen molar-refractivity contribution in [2.75, 3.05) is 7.11 Å². The minimum absolute atomic E-state index is 0.112. The number of halogens is 1. The minimum Gasteiger partial charge on any atom is -0.507 e. The topological polar surface area (TPSA) is 70.9 Å². The summed E-state index contributed by atoms with van der Waals surface area (Å²) in [7, 11) is 1.58. The lowest BCUT2D eigenvalue weighted by molar-refractivity contribution is 0.0952. The molecule has 3 aromatic rings. The van der Waals surface area contributed by atoms with Crippen LogP contribution >= 0.6 is 15.9 Å². The first-order valence-electron chi connectivity index (χ1n) is 7.48. The van der Waals surface area contributed by atoms with E-state index in [0.29, 0.717) is 10.2 Å². The summed E-state index contributed by atoms with van der Waals surface area (Å²) in [5.74, 6) is 0.0369. The summed E-state index contributed by atoms with van der Waals surface area (Å²) in [6.45, 7) is 0. The zero-order chi connectivity index (χ0) is 17.8. The molecule has 0 aromatic heterocycles. The highest BCUT2D eigenvalue weighted by Gasteiger charge is 2.11. The minimum atomic E-state index is -0.505. The number of phenols is 1. The second kappa shape index (κ2) is 7.36. The van der Waals surface area contributed by atoms with Crippen molar-refractivity contribution in [2.24, 2.45) is 5.10 Å². The molecular weight excluding hydrogens is 384 g/mol. The summed E-state index contributed by atoms with van der Waals surface area (Å²) in [5, 5.41) is 15.8. The Morgan fingerprint density at radius 2 is 2.00 bits per heavy atom. The van der Waals surface area contributed by atoms with Crippen LogP contribution in [0.5, 0.6) is 11.5 Å². The van der Waals surface area contributed by atoms with E-state index >= 15 is 0 Å². The number of aromatic hydroxyl groups is 1. The van der Waals surface area contributed by atoms with Gasteiger partial charge in [-0.15, -0.1) is 0 Å². The van der Waals surface area contributed by atoms with Gasteiger partial charge in [0, 0.05) is 10.0 Å². The van der Waals surface area contributed by atoms with Crippen molar-refractivity contribution in [2.45, 2.75) is 0 Å². The highest BCUT2D eigenvalue weighted by Crippen LogP contribution is 2.26. The molecule has 0 radical (unpaired) electrons. The van der Waals surface area contributed by atoms with Crippen LogP contribution in [-0.4, -0.2) is 24.3 Å². The molecular formula is C19H15BrN2O3. The largest absolute Gasteiger partial charge is 0.507 e. The number of nitrogens with zero attached hydrogens (tertiary/aromatic N) is 1. The molecule has 25 heavy (non-hydrogen) atoms. The van der Waals surface area contributed by atoms with Gasteiger partial charge in [0.15, 0.2) is 0 Å². The van der Waals surface area contributed by atoms with Crippen molar-refractivity contribution in [1.29, 1.82) is 0 Å². The summed E-state index contributed by atoms with van der Waals surface area (Å²) in [5.41, 5.74) is 3.32. The molecule has 0 aliphatic heterocycles. The van der Waals surface area contributed by atoms with E-state index in [0.717, 1.165) is 16.3 Å². The van der Waals surface area contributed by atoms with E-state index in [1.807, 2.05) is 36.4 Å². The van der Waals surface area contributed by atoms with E-state index in [9.17, 15) is 9.90 Å². The fourth-order valence-electron chi connectivity index (χ4n) is 2.49. The Morgan fingerprint density at radius 1 is 1.20 bits per heavy atom. The zero-order valence-electron chi connectivity index (χ0n) is 13.4. The molecule has 0 bridgehead atoms. The Balaban J connectivity index is 1.88. The number of carbonyl (C=O) groups excluding carboxylic acids is 1. The summed E-state index contributed by atoms with van der Waals surface area (Å²) < 4.78 is 6.07. The number of carbonyl (C=O) groups is 1. The van der Waals surface area contributed by atoms with E-state index in [4.69, 9.17) is 4.74 Å². The Labute approximate surface area is 153 Å². The molecule has 0 saturated heterocycles. The van der Waals surface area contributed by atoms with Gasteiger partial charge >= 0.3 is 0 Å². The molecule has 3 aromatic carbocycles. The van der Waals surface area contributed by atoms with Gasteiger partial charge in [-0.3, -0.25) is 4.79 Å². The van der Waals surface area contributed by atoms with Crippen LogP contribution in [0.3, 0.4) is 0 Å². The first-order valence-corrected chi connectivity index (χ1v) is 8.27. The van der Waals surface area contributed by atoms with Crippen LogP contribution in [0, 0.1) is 0 Å². The molecule has 3 rings (SSSR count). The van der Waals surface area contributed by atoms with E-state index < -0.39 is 5.91 Å². The Bertz CT molecular complexity index is 970. The fourth-order valence-corrected chi connectivity index (χ4v) is 2.85. The molecule has 0 heterocycles. The monoisotopic (exact) mass is 398 g/mol.